The smallest absolute Gasteiger partial charge is 0.229 e. The fraction of sp³-hybridized carbons (Fsp3) is 0.318. The third kappa shape index (κ3) is 6.04. The van der Waals surface area contributed by atoms with Crippen molar-refractivity contribution in [2.45, 2.75) is 38.1 Å². The summed E-state index contributed by atoms with van der Waals surface area (Å²) in [5.41, 5.74) is 2.66. The van der Waals surface area contributed by atoms with E-state index in [1.54, 1.807) is 48.7 Å². The van der Waals surface area contributed by atoms with Crippen LogP contribution in [0.15, 0.2) is 52.2 Å². The van der Waals surface area contributed by atoms with E-state index in [1.165, 1.54) is 5.37 Å². The van der Waals surface area contributed by atoms with Crippen LogP contribution in [0.4, 0.5) is 17.5 Å². The standard InChI is InChI=1S/C22H29N5O2S2/c1-4-31(23,29)19-7-5-17(6-8-19)26-22-24-12-20(16-9-10-30-14-16)21(27-22)25-18(13-28)11-15(2)3/h4-10,12,14-15,18,28H,11,13H2,1-3H3,(H2,23,29)(H2,24,25,26,27)/t18-,31?/m0/s1. The van der Waals surface area contributed by atoms with Gasteiger partial charge in [0, 0.05) is 22.3 Å². The van der Waals surface area contributed by atoms with Crippen LogP contribution in [0.3, 0.4) is 0 Å². The lowest BCUT2D eigenvalue weighted by Crippen LogP contribution is -2.26. The molecule has 3 aromatic rings. The summed E-state index contributed by atoms with van der Waals surface area (Å²) in [6, 6.07) is 8.96. The number of aliphatic hydroxyl groups is 1. The summed E-state index contributed by atoms with van der Waals surface area (Å²) in [6.07, 6.45) is 2.59. The molecule has 1 unspecified atom stereocenters. The van der Waals surface area contributed by atoms with E-state index in [2.05, 4.69) is 34.4 Å². The van der Waals surface area contributed by atoms with E-state index in [-0.39, 0.29) is 12.6 Å². The first kappa shape index (κ1) is 23.2. The number of anilines is 3. The van der Waals surface area contributed by atoms with Crippen molar-refractivity contribution < 1.29 is 9.32 Å². The van der Waals surface area contributed by atoms with E-state index in [9.17, 15) is 9.32 Å². The predicted octanol–water partition coefficient (Wildman–Crippen LogP) is 4.11. The predicted molar refractivity (Wildman–Crippen MR) is 131 cm³/mol. The van der Waals surface area contributed by atoms with Crippen LogP contribution >= 0.6 is 11.3 Å². The molecular formula is C22H29N5O2S2. The largest absolute Gasteiger partial charge is 0.394 e. The van der Waals surface area contributed by atoms with Gasteiger partial charge in [-0.3, -0.25) is 5.14 Å². The monoisotopic (exact) mass is 459 g/mol. The third-order valence-electron chi connectivity index (χ3n) is 4.77. The zero-order valence-corrected chi connectivity index (χ0v) is 19.5. The van der Waals surface area contributed by atoms with Gasteiger partial charge in [-0.2, -0.15) is 16.3 Å². The second-order valence-electron chi connectivity index (χ2n) is 7.65. The maximum absolute atomic E-state index is 12.3. The first-order valence-electron chi connectivity index (χ1n) is 10.1. The zero-order valence-electron chi connectivity index (χ0n) is 17.9. The van der Waals surface area contributed by atoms with Crippen molar-refractivity contribution in [2.75, 3.05) is 17.2 Å². The molecule has 7 nitrogen and oxygen atoms in total. The van der Waals surface area contributed by atoms with Crippen molar-refractivity contribution in [3.05, 3.63) is 47.3 Å². The molecule has 3 rings (SSSR count). The van der Waals surface area contributed by atoms with Gasteiger partial charge in [-0.25, -0.2) is 9.19 Å². The van der Waals surface area contributed by atoms with E-state index in [0.717, 1.165) is 23.2 Å². The van der Waals surface area contributed by atoms with Gasteiger partial charge in [0.1, 0.15) is 5.82 Å². The molecule has 2 atom stereocenters. The van der Waals surface area contributed by atoms with Gasteiger partial charge in [0.25, 0.3) is 0 Å². The maximum Gasteiger partial charge on any atom is 0.229 e. The molecule has 2 heterocycles. The molecule has 0 spiro atoms. The van der Waals surface area contributed by atoms with Gasteiger partial charge in [-0.05, 0) is 71.3 Å². The molecule has 0 amide bonds. The summed E-state index contributed by atoms with van der Waals surface area (Å²) in [7, 11) is -2.62. The number of nitrogens with two attached hydrogens (primary N) is 1. The Bertz CT molecular complexity index is 1110. The van der Waals surface area contributed by atoms with Crippen LogP contribution in [-0.2, 0) is 9.71 Å². The minimum Gasteiger partial charge on any atom is -0.394 e. The zero-order chi connectivity index (χ0) is 22.4. The summed E-state index contributed by atoms with van der Waals surface area (Å²) >= 11 is 1.61. The Morgan fingerprint density at radius 3 is 2.58 bits per heavy atom. The second-order valence-corrected chi connectivity index (χ2v) is 10.7. The Labute approximate surface area is 187 Å². The number of hydrogen-bond acceptors (Lipinski definition) is 7. The molecule has 0 bridgehead atoms. The van der Waals surface area contributed by atoms with Gasteiger partial charge in [-0.15, -0.1) is 0 Å². The molecule has 0 aliphatic rings. The molecule has 2 aromatic heterocycles. The molecule has 0 aliphatic carbocycles. The average molecular weight is 460 g/mol. The number of thiophene rings is 1. The van der Waals surface area contributed by atoms with Crippen LogP contribution in [0.5, 0.6) is 0 Å². The van der Waals surface area contributed by atoms with Crippen LogP contribution < -0.4 is 15.8 Å². The van der Waals surface area contributed by atoms with Crippen LogP contribution in [0.2, 0.25) is 0 Å². The highest BCUT2D eigenvalue weighted by molar-refractivity contribution is 7.99. The SMILES string of the molecule is CC=S(N)(=O)c1ccc(Nc2ncc(-c3ccsc3)c(N[C@H](CO)CC(C)C)n2)cc1. The minimum atomic E-state index is -2.62. The quantitative estimate of drug-likeness (QED) is 0.358. The van der Waals surface area contributed by atoms with E-state index in [0.29, 0.717) is 22.6 Å². The highest BCUT2D eigenvalue weighted by atomic mass is 32.2. The van der Waals surface area contributed by atoms with Crippen molar-refractivity contribution in [1.82, 2.24) is 9.97 Å². The molecule has 0 saturated carbocycles. The lowest BCUT2D eigenvalue weighted by molar-refractivity contribution is 0.259. The molecule has 0 fully saturated rings. The van der Waals surface area contributed by atoms with Gasteiger partial charge in [0.2, 0.25) is 5.95 Å². The minimum absolute atomic E-state index is 0.0162. The maximum atomic E-state index is 12.3. The van der Waals surface area contributed by atoms with Gasteiger partial charge in [0.05, 0.1) is 22.4 Å². The van der Waals surface area contributed by atoms with Gasteiger partial charge < -0.3 is 15.7 Å². The second kappa shape index (κ2) is 10.2. The number of rotatable bonds is 9. The third-order valence-corrected chi connectivity index (χ3v) is 7.16. The molecule has 0 radical (unpaired) electrons. The van der Waals surface area contributed by atoms with E-state index in [4.69, 9.17) is 5.14 Å². The lowest BCUT2D eigenvalue weighted by Gasteiger charge is -2.21. The molecule has 5 N–H and O–H groups in total. The Morgan fingerprint density at radius 2 is 2.00 bits per heavy atom. The number of nitrogens with one attached hydrogen (secondary N) is 2. The number of hydrogen-bond donors (Lipinski definition) is 4. The first-order chi connectivity index (χ1) is 14.8. The molecule has 31 heavy (non-hydrogen) atoms. The molecular weight excluding hydrogens is 430 g/mol. The van der Waals surface area contributed by atoms with Gasteiger partial charge >= 0.3 is 0 Å². The number of aromatic nitrogens is 2. The summed E-state index contributed by atoms with van der Waals surface area (Å²) in [6.45, 7) is 5.94. The van der Waals surface area contributed by atoms with Crippen molar-refractivity contribution in [2.24, 2.45) is 11.1 Å². The highest BCUT2D eigenvalue weighted by Crippen LogP contribution is 2.30. The van der Waals surface area contributed by atoms with Crippen LogP contribution in [-0.4, -0.2) is 37.3 Å². The van der Waals surface area contributed by atoms with E-state index in [1.807, 2.05) is 16.8 Å². The number of benzene rings is 1. The topological polar surface area (TPSA) is 113 Å². The van der Waals surface area contributed by atoms with Crippen LogP contribution in [0.25, 0.3) is 11.1 Å². The van der Waals surface area contributed by atoms with Crippen LogP contribution in [0.1, 0.15) is 27.2 Å². The normalized spacial score (nSPS) is 14.1. The van der Waals surface area contributed by atoms with Crippen LogP contribution in [0, 0.1) is 5.92 Å². The highest BCUT2D eigenvalue weighted by Gasteiger charge is 2.16. The summed E-state index contributed by atoms with van der Waals surface area (Å²) in [4.78, 5) is 9.71. The molecule has 9 heteroatoms. The van der Waals surface area contributed by atoms with E-state index >= 15 is 0 Å². The summed E-state index contributed by atoms with van der Waals surface area (Å²) < 4.78 is 12.3. The van der Waals surface area contributed by atoms with Crippen molar-refractivity contribution in [3.63, 3.8) is 0 Å². The van der Waals surface area contributed by atoms with Crippen molar-refractivity contribution in [3.8, 4) is 11.1 Å². The van der Waals surface area contributed by atoms with E-state index < -0.39 is 9.71 Å². The Morgan fingerprint density at radius 1 is 1.26 bits per heavy atom. The van der Waals surface area contributed by atoms with Gasteiger partial charge in [-0.1, -0.05) is 13.8 Å². The summed E-state index contributed by atoms with van der Waals surface area (Å²) in [5.74, 6) is 1.52. The van der Waals surface area contributed by atoms with Crippen molar-refractivity contribution >= 4 is 43.9 Å². The fourth-order valence-corrected chi connectivity index (χ4v) is 4.63. The molecule has 0 saturated heterocycles. The molecule has 166 valence electrons. The summed E-state index contributed by atoms with van der Waals surface area (Å²) in [5, 5.41) is 27.8. The average Bonchev–Trinajstić information content (AvgIpc) is 3.28. The Hall–Kier alpha value is -2.46. The molecule has 0 aliphatic heterocycles. The Balaban J connectivity index is 1.89. The molecule has 1 aromatic carbocycles. The number of nitrogens with zero attached hydrogens (tertiary/aromatic N) is 2. The fourth-order valence-electron chi connectivity index (χ4n) is 3.14. The van der Waals surface area contributed by atoms with Gasteiger partial charge in [0.15, 0.2) is 0 Å². The Kier molecular flexibility index (Phi) is 7.66. The number of aliphatic hydroxyl groups excluding tert-OH is 1. The van der Waals surface area contributed by atoms with Crippen molar-refractivity contribution in [1.29, 1.82) is 0 Å². The first-order valence-corrected chi connectivity index (χ1v) is 12.7. The lowest BCUT2D eigenvalue weighted by atomic mass is 10.0.